The molecule has 24 heavy (non-hydrogen) atoms. The molecule has 1 aliphatic heterocycles. The molecule has 132 valence electrons. The van der Waals surface area contributed by atoms with Gasteiger partial charge in [0.05, 0.1) is 13.2 Å². The summed E-state index contributed by atoms with van der Waals surface area (Å²) in [5, 5.41) is 5.61. The summed E-state index contributed by atoms with van der Waals surface area (Å²) in [5.74, 6) is 0.499. The minimum absolute atomic E-state index is 0.0153. The van der Waals surface area contributed by atoms with E-state index in [0.717, 1.165) is 24.5 Å². The van der Waals surface area contributed by atoms with Crippen molar-refractivity contribution in [3.63, 3.8) is 0 Å². The van der Waals surface area contributed by atoms with Crippen molar-refractivity contribution in [1.29, 1.82) is 0 Å². The number of carbonyl (C=O) groups is 2. The number of amides is 2. The highest BCUT2D eigenvalue weighted by atomic mass is 16.5. The third-order valence-corrected chi connectivity index (χ3v) is 3.94. The van der Waals surface area contributed by atoms with Gasteiger partial charge in [-0.2, -0.15) is 0 Å². The average Bonchev–Trinajstić information content (AvgIpc) is 2.58. The Balaban J connectivity index is 2.03. The molecule has 0 aromatic carbocycles. The summed E-state index contributed by atoms with van der Waals surface area (Å²) in [4.78, 5) is 30.3. The average molecular weight is 334 g/mol. The topological polar surface area (TPSA) is 83.6 Å². The molecule has 2 N–H and O–H groups in total. The van der Waals surface area contributed by atoms with Crippen molar-refractivity contribution in [1.82, 2.24) is 15.6 Å². The van der Waals surface area contributed by atoms with E-state index in [-0.39, 0.29) is 17.7 Å². The van der Waals surface area contributed by atoms with E-state index in [0.29, 0.717) is 19.8 Å². The van der Waals surface area contributed by atoms with Crippen molar-refractivity contribution in [2.75, 3.05) is 31.2 Å². The Bertz CT molecular complexity index is 571. The van der Waals surface area contributed by atoms with Crippen molar-refractivity contribution in [3.05, 3.63) is 23.9 Å². The van der Waals surface area contributed by atoms with Crippen LogP contribution in [0.4, 0.5) is 5.82 Å². The fraction of sp³-hybridized carbons (Fsp3) is 0.588. The first-order valence-electron chi connectivity index (χ1n) is 8.30. The van der Waals surface area contributed by atoms with Crippen molar-refractivity contribution in [2.24, 2.45) is 5.92 Å². The lowest BCUT2D eigenvalue weighted by Gasteiger charge is -2.29. The van der Waals surface area contributed by atoms with Gasteiger partial charge in [-0.05, 0) is 12.0 Å². The molecule has 1 atom stereocenters. The number of nitrogens with one attached hydrogen (secondary N) is 2. The molecule has 0 bridgehead atoms. The van der Waals surface area contributed by atoms with Gasteiger partial charge in [0, 0.05) is 38.3 Å². The van der Waals surface area contributed by atoms with E-state index in [1.807, 2.05) is 26.0 Å². The highest BCUT2D eigenvalue weighted by Gasteiger charge is 2.23. The maximum Gasteiger partial charge on any atom is 0.243 e. The van der Waals surface area contributed by atoms with Crippen LogP contribution < -0.4 is 15.5 Å². The summed E-state index contributed by atoms with van der Waals surface area (Å²) in [6.45, 7) is 8.55. The van der Waals surface area contributed by atoms with Gasteiger partial charge < -0.3 is 20.3 Å². The number of aromatic nitrogens is 1. The Kier molecular flexibility index (Phi) is 6.54. The fourth-order valence-electron chi connectivity index (χ4n) is 2.67. The predicted molar refractivity (Wildman–Crippen MR) is 91.6 cm³/mol. The zero-order chi connectivity index (χ0) is 17.5. The van der Waals surface area contributed by atoms with E-state index < -0.39 is 6.04 Å². The number of anilines is 1. The molecule has 0 spiro atoms. The third kappa shape index (κ3) is 4.92. The first-order valence-corrected chi connectivity index (χ1v) is 8.30. The highest BCUT2D eigenvalue weighted by Crippen LogP contribution is 2.18. The molecule has 0 unspecified atom stereocenters. The molecule has 7 nitrogen and oxygen atoms in total. The van der Waals surface area contributed by atoms with E-state index in [1.165, 1.54) is 6.92 Å². The summed E-state index contributed by atoms with van der Waals surface area (Å²) >= 11 is 0. The maximum atomic E-state index is 12.4. The van der Waals surface area contributed by atoms with Gasteiger partial charge in [-0.1, -0.05) is 19.9 Å². The third-order valence-electron chi connectivity index (χ3n) is 3.94. The van der Waals surface area contributed by atoms with Crippen LogP contribution in [0.3, 0.4) is 0 Å². The van der Waals surface area contributed by atoms with Gasteiger partial charge >= 0.3 is 0 Å². The van der Waals surface area contributed by atoms with Crippen molar-refractivity contribution in [2.45, 2.75) is 33.4 Å². The summed E-state index contributed by atoms with van der Waals surface area (Å²) in [7, 11) is 0. The van der Waals surface area contributed by atoms with Gasteiger partial charge in [0.1, 0.15) is 11.9 Å². The highest BCUT2D eigenvalue weighted by molar-refractivity contribution is 5.87. The minimum atomic E-state index is -0.536. The molecular formula is C17H26N4O3. The first kappa shape index (κ1) is 18.2. The van der Waals surface area contributed by atoms with E-state index in [4.69, 9.17) is 4.74 Å². The molecule has 2 amide bonds. The van der Waals surface area contributed by atoms with Crippen LogP contribution in [0.15, 0.2) is 18.3 Å². The molecule has 2 rings (SSSR count). The normalized spacial score (nSPS) is 15.9. The number of rotatable bonds is 6. The number of ether oxygens (including phenoxy) is 1. The van der Waals surface area contributed by atoms with Crippen molar-refractivity contribution in [3.8, 4) is 0 Å². The molecule has 1 aromatic heterocycles. The van der Waals surface area contributed by atoms with Crippen LogP contribution in [0.1, 0.15) is 26.3 Å². The number of carbonyl (C=O) groups excluding carboxylic acids is 2. The molecule has 1 aromatic rings. The predicted octanol–water partition coefficient (Wildman–Crippen LogP) is 0.695. The van der Waals surface area contributed by atoms with Crippen LogP contribution in [-0.4, -0.2) is 49.1 Å². The Labute approximate surface area is 142 Å². The van der Waals surface area contributed by atoms with Crippen molar-refractivity contribution >= 4 is 17.6 Å². The van der Waals surface area contributed by atoms with E-state index in [9.17, 15) is 9.59 Å². The van der Waals surface area contributed by atoms with Crippen molar-refractivity contribution < 1.29 is 14.3 Å². The fourth-order valence-corrected chi connectivity index (χ4v) is 2.67. The van der Waals surface area contributed by atoms with Crippen LogP contribution in [0.25, 0.3) is 0 Å². The minimum Gasteiger partial charge on any atom is -0.378 e. The van der Waals surface area contributed by atoms with Crippen LogP contribution in [0.2, 0.25) is 0 Å². The van der Waals surface area contributed by atoms with E-state index in [1.54, 1.807) is 6.20 Å². The Morgan fingerprint density at radius 1 is 1.33 bits per heavy atom. The van der Waals surface area contributed by atoms with Gasteiger partial charge in [-0.3, -0.25) is 9.59 Å². The van der Waals surface area contributed by atoms with Gasteiger partial charge in [-0.25, -0.2) is 4.98 Å². The summed E-state index contributed by atoms with van der Waals surface area (Å²) in [6, 6.07) is 3.28. The number of pyridine rings is 1. The Morgan fingerprint density at radius 3 is 2.67 bits per heavy atom. The zero-order valence-electron chi connectivity index (χ0n) is 14.5. The van der Waals surface area contributed by atoms with Gasteiger partial charge in [-0.15, -0.1) is 0 Å². The summed E-state index contributed by atoms with van der Waals surface area (Å²) in [6.07, 6.45) is 1.75. The second-order valence-electron chi connectivity index (χ2n) is 6.23. The van der Waals surface area contributed by atoms with Crippen LogP contribution in [0, 0.1) is 5.92 Å². The molecule has 7 heteroatoms. The molecular weight excluding hydrogens is 308 g/mol. The first-order chi connectivity index (χ1) is 11.5. The number of morpholine rings is 1. The number of hydrogen-bond acceptors (Lipinski definition) is 5. The number of nitrogens with zero attached hydrogens (tertiary/aromatic N) is 2. The molecule has 1 fully saturated rings. The smallest absolute Gasteiger partial charge is 0.243 e. The lowest BCUT2D eigenvalue weighted by molar-refractivity contribution is -0.129. The second kappa shape index (κ2) is 8.63. The second-order valence-corrected chi connectivity index (χ2v) is 6.23. The quantitative estimate of drug-likeness (QED) is 0.800. The summed E-state index contributed by atoms with van der Waals surface area (Å²) < 4.78 is 5.37. The van der Waals surface area contributed by atoms with Crippen LogP contribution in [0.5, 0.6) is 0 Å². The molecule has 0 aliphatic carbocycles. The lowest BCUT2D eigenvalue weighted by Crippen LogP contribution is -2.49. The summed E-state index contributed by atoms with van der Waals surface area (Å²) in [5.41, 5.74) is 0.957. The van der Waals surface area contributed by atoms with Crippen LogP contribution >= 0.6 is 0 Å². The monoisotopic (exact) mass is 334 g/mol. The standard InChI is InChI=1S/C17H26N4O3/c1-12(2)15(20-13(3)22)17(23)19-11-14-5-4-6-18-16(14)21-7-9-24-10-8-21/h4-6,12,15H,7-11H2,1-3H3,(H,19,23)(H,20,22)/t15-/m0/s1. The molecule has 1 saturated heterocycles. The zero-order valence-corrected chi connectivity index (χ0v) is 14.5. The Hall–Kier alpha value is -2.15. The van der Waals surface area contributed by atoms with Gasteiger partial charge in [0.25, 0.3) is 0 Å². The largest absolute Gasteiger partial charge is 0.378 e. The van der Waals surface area contributed by atoms with E-state index >= 15 is 0 Å². The molecule has 2 heterocycles. The van der Waals surface area contributed by atoms with Gasteiger partial charge in [0.2, 0.25) is 11.8 Å². The van der Waals surface area contributed by atoms with Crippen LogP contribution in [-0.2, 0) is 20.9 Å². The van der Waals surface area contributed by atoms with E-state index in [2.05, 4.69) is 20.5 Å². The molecule has 0 radical (unpaired) electrons. The lowest BCUT2D eigenvalue weighted by atomic mass is 10.0. The van der Waals surface area contributed by atoms with Gasteiger partial charge in [0.15, 0.2) is 0 Å². The molecule has 0 saturated carbocycles. The Morgan fingerprint density at radius 2 is 2.04 bits per heavy atom. The molecule has 1 aliphatic rings. The SMILES string of the molecule is CC(=O)N[C@H](C(=O)NCc1cccnc1N1CCOCC1)C(C)C. The number of hydrogen-bond donors (Lipinski definition) is 2. The maximum absolute atomic E-state index is 12.4.